The normalized spacial score (nSPS) is 10.6. The Morgan fingerprint density at radius 2 is 2.17 bits per heavy atom. The highest BCUT2D eigenvalue weighted by molar-refractivity contribution is 7.99. The topological polar surface area (TPSA) is 84.7 Å². The van der Waals surface area contributed by atoms with Gasteiger partial charge < -0.3 is 0 Å². The van der Waals surface area contributed by atoms with Gasteiger partial charge in [-0.05, 0) is 24.8 Å². The molecule has 0 saturated carbocycles. The zero-order valence-electron chi connectivity index (χ0n) is 8.98. The summed E-state index contributed by atoms with van der Waals surface area (Å²) in [7, 11) is 0. The van der Waals surface area contributed by atoms with Crippen LogP contribution in [-0.4, -0.2) is 20.1 Å². The molecule has 2 rings (SSSR count). The summed E-state index contributed by atoms with van der Waals surface area (Å²) in [4.78, 5) is 13.4. The molecule has 94 valence electrons. The van der Waals surface area contributed by atoms with Gasteiger partial charge in [-0.25, -0.2) is 13.8 Å². The Hall–Kier alpha value is -2.03. The highest BCUT2D eigenvalue weighted by Crippen LogP contribution is 2.36. The molecule has 18 heavy (non-hydrogen) atoms. The first-order valence-electron chi connectivity index (χ1n) is 4.68. The van der Waals surface area contributed by atoms with Crippen LogP contribution in [0.1, 0.15) is 5.82 Å². The summed E-state index contributed by atoms with van der Waals surface area (Å²) in [6, 6.07) is 1.61. The maximum absolute atomic E-state index is 13.5. The number of nitrogens with zero attached hydrogens (tertiary/aromatic N) is 3. The molecule has 0 amide bonds. The van der Waals surface area contributed by atoms with Crippen molar-refractivity contribution >= 4 is 17.4 Å². The van der Waals surface area contributed by atoms with Crippen LogP contribution < -0.4 is 0 Å². The second kappa shape index (κ2) is 4.69. The van der Waals surface area contributed by atoms with Gasteiger partial charge >= 0.3 is 0 Å². The number of nitro groups is 1. The number of aromatic nitrogens is 3. The summed E-state index contributed by atoms with van der Waals surface area (Å²) >= 11 is 0.594. The monoisotopic (exact) mass is 272 g/mol. The van der Waals surface area contributed by atoms with Crippen molar-refractivity contribution in [2.75, 3.05) is 0 Å². The van der Waals surface area contributed by atoms with Gasteiger partial charge in [0.2, 0.25) is 5.16 Å². The Kier molecular flexibility index (Phi) is 3.24. The van der Waals surface area contributed by atoms with Crippen molar-refractivity contribution in [3.8, 4) is 0 Å². The summed E-state index contributed by atoms with van der Waals surface area (Å²) in [5.74, 6) is -1.97. The Bertz CT molecular complexity index is 617. The van der Waals surface area contributed by atoms with Gasteiger partial charge in [-0.1, -0.05) is 0 Å². The van der Waals surface area contributed by atoms with Crippen molar-refractivity contribution in [1.29, 1.82) is 0 Å². The zero-order chi connectivity index (χ0) is 13.3. The average molecular weight is 272 g/mol. The summed E-state index contributed by atoms with van der Waals surface area (Å²) in [6.45, 7) is 1.62. The third-order valence-corrected chi connectivity index (χ3v) is 2.95. The van der Waals surface area contributed by atoms with E-state index >= 15 is 0 Å². The molecule has 0 radical (unpaired) electrons. The maximum atomic E-state index is 13.5. The van der Waals surface area contributed by atoms with Crippen LogP contribution in [0.15, 0.2) is 22.2 Å². The lowest BCUT2D eigenvalue weighted by Gasteiger charge is -2.02. The standard InChI is InChI=1S/C9H6F2N4O2S/c1-4-12-9(14-13-4)18-8-6(15(16)17)3-2-5(10)7(8)11/h2-3H,1H3,(H,12,13,14). The summed E-state index contributed by atoms with van der Waals surface area (Å²) in [6.07, 6.45) is 0. The molecule has 1 aromatic heterocycles. The molecule has 1 aromatic carbocycles. The van der Waals surface area contributed by atoms with Crippen LogP contribution in [0.3, 0.4) is 0 Å². The van der Waals surface area contributed by atoms with Crippen LogP contribution in [0.4, 0.5) is 14.5 Å². The lowest BCUT2D eigenvalue weighted by atomic mass is 10.3. The minimum atomic E-state index is -1.28. The maximum Gasteiger partial charge on any atom is 0.286 e. The number of aryl methyl sites for hydroxylation is 1. The first-order valence-corrected chi connectivity index (χ1v) is 5.50. The molecule has 0 unspecified atom stereocenters. The van der Waals surface area contributed by atoms with Crippen molar-refractivity contribution in [2.24, 2.45) is 0 Å². The molecular formula is C9H6F2N4O2S. The third-order valence-electron chi connectivity index (χ3n) is 2.00. The number of H-pyrrole nitrogens is 1. The minimum absolute atomic E-state index is 0.0834. The van der Waals surface area contributed by atoms with E-state index in [1.165, 1.54) is 0 Å². The molecule has 0 atom stereocenters. The number of benzene rings is 1. The van der Waals surface area contributed by atoms with Crippen LogP contribution in [0.5, 0.6) is 0 Å². The lowest BCUT2D eigenvalue weighted by Crippen LogP contribution is -1.96. The molecule has 0 fully saturated rings. The lowest BCUT2D eigenvalue weighted by molar-refractivity contribution is -0.388. The largest absolute Gasteiger partial charge is 0.286 e. The van der Waals surface area contributed by atoms with E-state index in [1.807, 2.05) is 0 Å². The molecule has 0 saturated heterocycles. The molecule has 1 heterocycles. The molecule has 0 aliphatic carbocycles. The predicted molar refractivity (Wildman–Crippen MR) is 58.3 cm³/mol. The van der Waals surface area contributed by atoms with Gasteiger partial charge in [-0.15, -0.1) is 5.10 Å². The van der Waals surface area contributed by atoms with Gasteiger partial charge in [0.25, 0.3) is 5.69 Å². The smallest absolute Gasteiger partial charge is 0.262 e. The van der Waals surface area contributed by atoms with Gasteiger partial charge in [-0.2, -0.15) is 0 Å². The number of aromatic amines is 1. The Morgan fingerprint density at radius 3 is 2.72 bits per heavy atom. The van der Waals surface area contributed by atoms with Gasteiger partial charge in [0, 0.05) is 6.07 Å². The first-order chi connectivity index (χ1) is 8.49. The van der Waals surface area contributed by atoms with Gasteiger partial charge in [0.05, 0.1) is 4.92 Å². The number of hydrogen-bond donors (Lipinski definition) is 1. The summed E-state index contributed by atoms with van der Waals surface area (Å²) in [5.41, 5.74) is -0.527. The fraction of sp³-hybridized carbons (Fsp3) is 0.111. The number of halogens is 2. The number of nitro benzene ring substituents is 1. The Balaban J connectivity index is 2.47. The molecule has 1 N–H and O–H groups in total. The molecule has 2 aromatic rings. The minimum Gasteiger partial charge on any atom is -0.262 e. The van der Waals surface area contributed by atoms with E-state index in [0.717, 1.165) is 6.07 Å². The molecule has 0 bridgehead atoms. The van der Waals surface area contributed by atoms with Gasteiger partial charge in [0.15, 0.2) is 11.6 Å². The van der Waals surface area contributed by atoms with Gasteiger partial charge in [-0.3, -0.25) is 15.2 Å². The number of hydrogen-bond acceptors (Lipinski definition) is 5. The molecule has 0 spiro atoms. The summed E-state index contributed by atoms with van der Waals surface area (Å²) in [5, 5.41) is 17.0. The Morgan fingerprint density at radius 1 is 1.44 bits per heavy atom. The Labute approximate surface area is 104 Å². The fourth-order valence-corrected chi connectivity index (χ4v) is 2.11. The predicted octanol–water partition coefficient (Wildman–Crippen LogP) is 2.45. The molecule has 0 aliphatic heterocycles. The second-order valence-corrected chi connectivity index (χ2v) is 4.25. The van der Waals surface area contributed by atoms with E-state index in [0.29, 0.717) is 23.7 Å². The van der Waals surface area contributed by atoms with E-state index in [1.54, 1.807) is 6.92 Å². The zero-order valence-corrected chi connectivity index (χ0v) is 9.79. The highest BCUT2D eigenvalue weighted by Gasteiger charge is 2.23. The number of rotatable bonds is 3. The van der Waals surface area contributed by atoms with Crippen LogP contribution in [0.25, 0.3) is 0 Å². The van der Waals surface area contributed by atoms with Crippen molar-refractivity contribution in [3.05, 3.63) is 39.7 Å². The SMILES string of the molecule is Cc1nc(Sc2c([N+](=O)[O-])ccc(F)c2F)n[nH]1. The molecule has 9 heteroatoms. The number of nitrogens with one attached hydrogen (secondary N) is 1. The van der Waals surface area contributed by atoms with E-state index in [4.69, 9.17) is 0 Å². The first kappa shape index (κ1) is 12.4. The molecular weight excluding hydrogens is 266 g/mol. The van der Waals surface area contributed by atoms with Crippen molar-refractivity contribution < 1.29 is 13.7 Å². The van der Waals surface area contributed by atoms with Crippen molar-refractivity contribution in [3.63, 3.8) is 0 Å². The quantitative estimate of drug-likeness (QED) is 0.685. The van der Waals surface area contributed by atoms with E-state index in [2.05, 4.69) is 15.2 Å². The van der Waals surface area contributed by atoms with Crippen LogP contribution in [0, 0.1) is 28.7 Å². The van der Waals surface area contributed by atoms with Crippen LogP contribution in [-0.2, 0) is 0 Å². The third kappa shape index (κ3) is 2.30. The van der Waals surface area contributed by atoms with E-state index < -0.39 is 27.1 Å². The summed E-state index contributed by atoms with van der Waals surface area (Å²) < 4.78 is 26.6. The molecule has 0 aliphatic rings. The second-order valence-electron chi connectivity index (χ2n) is 3.27. The molecule has 6 nitrogen and oxygen atoms in total. The van der Waals surface area contributed by atoms with Crippen molar-refractivity contribution in [2.45, 2.75) is 17.0 Å². The average Bonchev–Trinajstić information content (AvgIpc) is 2.70. The van der Waals surface area contributed by atoms with Gasteiger partial charge in [0.1, 0.15) is 10.7 Å². The van der Waals surface area contributed by atoms with Crippen LogP contribution >= 0.6 is 11.8 Å². The highest BCUT2D eigenvalue weighted by atomic mass is 32.2. The van der Waals surface area contributed by atoms with Crippen molar-refractivity contribution in [1.82, 2.24) is 15.2 Å². The van der Waals surface area contributed by atoms with E-state index in [9.17, 15) is 18.9 Å². The van der Waals surface area contributed by atoms with E-state index in [-0.39, 0.29) is 5.16 Å². The van der Waals surface area contributed by atoms with Crippen LogP contribution in [0.2, 0.25) is 0 Å². The fourth-order valence-electron chi connectivity index (χ4n) is 1.22.